The van der Waals surface area contributed by atoms with Gasteiger partial charge in [0, 0.05) is 23.9 Å². The Labute approximate surface area is 160 Å². The highest BCUT2D eigenvalue weighted by molar-refractivity contribution is 7.92. The number of fused-ring (bicyclic) bond motifs is 1. The second kappa shape index (κ2) is 7.45. The molecule has 27 heavy (non-hydrogen) atoms. The number of aromatic nitrogens is 1. The maximum atomic E-state index is 11.7. The Morgan fingerprint density at radius 3 is 2.63 bits per heavy atom. The molecule has 6 heteroatoms. The minimum atomic E-state index is -3.37. The molecule has 0 aliphatic heterocycles. The molecule has 3 aromatic rings. The number of nitriles is 1. The van der Waals surface area contributed by atoms with Crippen LogP contribution < -0.4 is 4.72 Å². The number of nitrogens with one attached hydrogen (secondary N) is 2. The topological polar surface area (TPSA) is 85.8 Å². The van der Waals surface area contributed by atoms with Gasteiger partial charge in [0.25, 0.3) is 0 Å². The molecule has 140 valence electrons. The van der Waals surface area contributed by atoms with E-state index in [1.165, 1.54) is 16.7 Å². The van der Waals surface area contributed by atoms with E-state index >= 15 is 0 Å². The molecule has 2 aromatic carbocycles. The predicted molar refractivity (Wildman–Crippen MR) is 109 cm³/mol. The van der Waals surface area contributed by atoms with Crippen LogP contribution in [0.3, 0.4) is 0 Å². The number of rotatable bonds is 6. The Bertz CT molecular complexity index is 1120. The number of hydrogen-bond acceptors (Lipinski definition) is 3. The smallest absolute Gasteiger partial charge is 0.229 e. The number of nitrogens with zero attached hydrogens (tertiary/aromatic N) is 1. The van der Waals surface area contributed by atoms with Crippen molar-refractivity contribution in [3.8, 4) is 6.07 Å². The number of aromatic amines is 1. The summed E-state index contributed by atoms with van der Waals surface area (Å²) < 4.78 is 25.9. The summed E-state index contributed by atoms with van der Waals surface area (Å²) in [5.74, 6) is 0.0625. The van der Waals surface area contributed by atoms with E-state index < -0.39 is 10.0 Å². The molecule has 0 radical (unpaired) electrons. The van der Waals surface area contributed by atoms with Crippen LogP contribution in [0.4, 0.5) is 5.69 Å². The van der Waals surface area contributed by atoms with Crippen LogP contribution in [0, 0.1) is 25.2 Å². The molecule has 0 spiro atoms. The number of anilines is 1. The van der Waals surface area contributed by atoms with Crippen molar-refractivity contribution in [1.29, 1.82) is 5.26 Å². The molecule has 5 nitrogen and oxygen atoms in total. The first kappa shape index (κ1) is 19.0. The van der Waals surface area contributed by atoms with Crippen LogP contribution in [-0.2, 0) is 10.0 Å². The minimum absolute atomic E-state index is 0.0625. The Kier molecular flexibility index (Phi) is 5.24. The lowest BCUT2D eigenvalue weighted by atomic mass is 9.84. The molecule has 3 rings (SSSR count). The summed E-state index contributed by atoms with van der Waals surface area (Å²) in [6, 6.07) is 14.2. The van der Waals surface area contributed by atoms with Crippen molar-refractivity contribution in [1.82, 2.24) is 4.98 Å². The Balaban J connectivity index is 2.14. The fourth-order valence-electron chi connectivity index (χ4n) is 3.65. The summed E-state index contributed by atoms with van der Waals surface area (Å²) in [6.07, 6.45) is 4.23. The van der Waals surface area contributed by atoms with Gasteiger partial charge in [-0.2, -0.15) is 5.26 Å². The SMILES string of the molecule is Cc1ccc(C(CCC#N)c2c[nH]c3c(NS(C)(=O)=O)cccc23)c(C)c1. The van der Waals surface area contributed by atoms with Crippen molar-refractivity contribution in [2.75, 3.05) is 11.0 Å². The highest BCUT2D eigenvalue weighted by atomic mass is 32.2. The van der Waals surface area contributed by atoms with E-state index in [4.69, 9.17) is 5.26 Å². The van der Waals surface area contributed by atoms with Crippen LogP contribution >= 0.6 is 0 Å². The minimum Gasteiger partial charge on any atom is -0.359 e. The van der Waals surface area contributed by atoms with Gasteiger partial charge in [0.2, 0.25) is 10.0 Å². The standard InChI is InChI=1S/C21H23N3O2S/c1-14-9-10-16(15(2)12-14)17(7-5-11-22)19-13-23-21-18(19)6-4-8-20(21)24-27(3,25)26/h4,6,8-10,12-13,17,23-24H,5,7H2,1-3H3. The van der Waals surface area contributed by atoms with Crippen molar-refractivity contribution >= 4 is 26.6 Å². The maximum Gasteiger partial charge on any atom is 0.229 e. The Hall–Kier alpha value is -2.78. The first-order valence-electron chi connectivity index (χ1n) is 8.82. The third kappa shape index (κ3) is 4.15. The molecule has 0 saturated carbocycles. The fourth-order valence-corrected chi connectivity index (χ4v) is 4.22. The number of sulfonamides is 1. The normalized spacial score (nSPS) is 12.7. The van der Waals surface area contributed by atoms with E-state index in [9.17, 15) is 8.42 Å². The summed E-state index contributed by atoms with van der Waals surface area (Å²) >= 11 is 0. The average Bonchev–Trinajstić information content (AvgIpc) is 3.00. The quantitative estimate of drug-likeness (QED) is 0.655. The Morgan fingerprint density at radius 1 is 1.19 bits per heavy atom. The first-order valence-corrected chi connectivity index (χ1v) is 10.7. The van der Waals surface area contributed by atoms with Crippen LogP contribution in [-0.4, -0.2) is 19.7 Å². The van der Waals surface area contributed by atoms with Crippen molar-refractivity contribution < 1.29 is 8.42 Å². The molecule has 1 aromatic heterocycles. The molecule has 1 heterocycles. The maximum absolute atomic E-state index is 11.7. The van der Waals surface area contributed by atoms with Crippen molar-refractivity contribution in [2.45, 2.75) is 32.6 Å². The zero-order valence-electron chi connectivity index (χ0n) is 15.7. The van der Waals surface area contributed by atoms with Gasteiger partial charge in [-0.25, -0.2) is 8.42 Å². The van der Waals surface area contributed by atoms with E-state index in [-0.39, 0.29) is 5.92 Å². The van der Waals surface area contributed by atoms with Gasteiger partial charge in [-0.05, 0) is 43.0 Å². The van der Waals surface area contributed by atoms with Gasteiger partial charge in [-0.1, -0.05) is 35.9 Å². The summed E-state index contributed by atoms with van der Waals surface area (Å²) in [7, 11) is -3.37. The number of hydrogen-bond donors (Lipinski definition) is 2. The Morgan fingerprint density at radius 2 is 1.96 bits per heavy atom. The molecular weight excluding hydrogens is 358 g/mol. The highest BCUT2D eigenvalue weighted by Crippen LogP contribution is 2.37. The third-order valence-corrected chi connectivity index (χ3v) is 5.35. The lowest BCUT2D eigenvalue weighted by molar-refractivity contribution is 0.607. The van der Waals surface area contributed by atoms with Gasteiger partial charge in [-0.3, -0.25) is 4.72 Å². The first-order chi connectivity index (χ1) is 12.8. The average molecular weight is 382 g/mol. The van der Waals surface area contributed by atoms with Crippen LogP contribution in [0.15, 0.2) is 42.6 Å². The highest BCUT2D eigenvalue weighted by Gasteiger charge is 2.21. The molecule has 0 aliphatic carbocycles. The zero-order valence-corrected chi connectivity index (χ0v) is 16.5. The van der Waals surface area contributed by atoms with Crippen LogP contribution in [0.2, 0.25) is 0 Å². The molecule has 0 saturated heterocycles. The number of H-pyrrole nitrogens is 1. The van der Waals surface area contributed by atoms with Crippen LogP contribution in [0.25, 0.3) is 10.9 Å². The van der Waals surface area contributed by atoms with Gasteiger partial charge in [-0.15, -0.1) is 0 Å². The van der Waals surface area contributed by atoms with Crippen LogP contribution in [0.5, 0.6) is 0 Å². The fraction of sp³-hybridized carbons (Fsp3) is 0.286. The zero-order chi connectivity index (χ0) is 19.6. The van der Waals surface area contributed by atoms with Gasteiger partial charge >= 0.3 is 0 Å². The predicted octanol–water partition coefficient (Wildman–Crippen LogP) is 4.59. The van der Waals surface area contributed by atoms with Gasteiger partial charge in [0.1, 0.15) is 0 Å². The van der Waals surface area contributed by atoms with E-state index in [0.29, 0.717) is 18.5 Å². The number of benzene rings is 2. The van der Waals surface area contributed by atoms with Gasteiger partial charge < -0.3 is 4.98 Å². The molecule has 0 bridgehead atoms. The van der Waals surface area contributed by atoms with Crippen molar-refractivity contribution in [2.24, 2.45) is 0 Å². The monoisotopic (exact) mass is 381 g/mol. The third-order valence-electron chi connectivity index (χ3n) is 4.76. The van der Waals surface area contributed by atoms with Crippen LogP contribution in [0.1, 0.15) is 41.0 Å². The molecule has 0 fully saturated rings. The summed E-state index contributed by atoms with van der Waals surface area (Å²) in [5, 5.41) is 10.1. The molecule has 2 N–H and O–H groups in total. The van der Waals surface area contributed by atoms with Gasteiger partial charge in [0.05, 0.1) is 23.5 Å². The second-order valence-corrected chi connectivity index (χ2v) is 8.70. The molecule has 1 unspecified atom stereocenters. The number of aryl methyl sites for hydroxylation is 2. The van der Waals surface area contributed by atoms with E-state index in [2.05, 4.69) is 47.8 Å². The molecule has 0 aliphatic rings. The molecule has 0 amide bonds. The van der Waals surface area contributed by atoms with Crippen molar-refractivity contribution in [3.63, 3.8) is 0 Å². The van der Waals surface area contributed by atoms with Gasteiger partial charge in [0.15, 0.2) is 0 Å². The summed E-state index contributed by atoms with van der Waals surface area (Å²) in [6.45, 7) is 4.16. The summed E-state index contributed by atoms with van der Waals surface area (Å²) in [4.78, 5) is 3.23. The second-order valence-electron chi connectivity index (χ2n) is 6.96. The summed E-state index contributed by atoms with van der Waals surface area (Å²) in [5.41, 5.74) is 5.94. The molecular formula is C21H23N3O2S. The molecule has 1 atom stereocenters. The number of para-hydroxylation sites is 1. The van der Waals surface area contributed by atoms with E-state index in [0.717, 1.165) is 22.7 Å². The largest absolute Gasteiger partial charge is 0.359 e. The lowest BCUT2D eigenvalue weighted by Crippen LogP contribution is -2.09. The van der Waals surface area contributed by atoms with E-state index in [1.807, 2.05) is 18.3 Å². The van der Waals surface area contributed by atoms with E-state index in [1.54, 1.807) is 6.07 Å². The van der Waals surface area contributed by atoms with Crippen molar-refractivity contribution in [3.05, 3.63) is 64.8 Å². The lowest BCUT2D eigenvalue weighted by Gasteiger charge is -2.19.